The van der Waals surface area contributed by atoms with E-state index in [9.17, 15) is 14.7 Å². The molecule has 11 nitrogen and oxygen atoms in total. The summed E-state index contributed by atoms with van der Waals surface area (Å²) < 4.78 is 11.7. The fraction of sp³-hybridized carbons (Fsp3) is 0.214. The highest BCUT2D eigenvalue weighted by Crippen LogP contribution is 2.48. The molecule has 0 amide bonds. The first-order chi connectivity index (χ1) is 19.4. The Kier molecular flexibility index (Phi) is 7.47. The summed E-state index contributed by atoms with van der Waals surface area (Å²) in [5, 5.41) is 21.2. The van der Waals surface area contributed by atoms with Gasteiger partial charge in [0.15, 0.2) is 5.65 Å². The summed E-state index contributed by atoms with van der Waals surface area (Å²) in [6, 6.07) is 14.8. The van der Waals surface area contributed by atoms with Gasteiger partial charge in [0.25, 0.3) is 6.47 Å². The van der Waals surface area contributed by atoms with Crippen molar-refractivity contribution >= 4 is 35.4 Å². The van der Waals surface area contributed by atoms with Crippen LogP contribution in [0.4, 0.5) is 5.69 Å². The molecule has 1 saturated carbocycles. The maximum absolute atomic E-state index is 11.5. The van der Waals surface area contributed by atoms with E-state index < -0.39 is 11.4 Å². The van der Waals surface area contributed by atoms with Crippen LogP contribution in [-0.2, 0) is 19.7 Å². The lowest BCUT2D eigenvalue weighted by Crippen LogP contribution is -2.19. The maximum atomic E-state index is 11.5. The molecule has 2 aromatic carbocycles. The molecule has 6 rings (SSSR count). The van der Waals surface area contributed by atoms with Crippen LogP contribution in [0, 0.1) is 0 Å². The van der Waals surface area contributed by atoms with Crippen molar-refractivity contribution in [1.29, 1.82) is 0 Å². The van der Waals surface area contributed by atoms with Gasteiger partial charge in [-0.25, -0.2) is 9.97 Å². The van der Waals surface area contributed by atoms with E-state index in [4.69, 9.17) is 20.9 Å². The van der Waals surface area contributed by atoms with Gasteiger partial charge in [-0.1, -0.05) is 59.2 Å². The molecule has 40 heavy (non-hydrogen) atoms. The minimum atomic E-state index is -0.765. The molecule has 1 fully saturated rings. The topological polar surface area (TPSA) is 145 Å². The number of anilines is 1. The minimum Gasteiger partial charge on any atom is -0.481 e. The number of halogens is 1. The van der Waals surface area contributed by atoms with E-state index in [1.165, 1.54) is 6.33 Å². The number of carboxylic acid groups (broad SMARTS) is 1. The second-order valence-corrected chi connectivity index (χ2v) is 9.58. The third-order valence-corrected chi connectivity index (χ3v) is 7.20. The molecule has 1 aliphatic carbocycles. The number of aromatic nitrogens is 5. The summed E-state index contributed by atoms with van der Waals surface area (Å²) in [7, 11) is 1.77. The van der Waals surface area contributed by atoms with Crippen LogP contribution in [0.15, 0.2) is 71.8 Å². The van der Waals surface area contributed by atoms with Crippen LogP contribution in [0.25, 0.3) is 28.4 Å². The van der Waals surface area contributed by atoms with E-state index >= 15 is 0 Å². The molecule has 5 aromatic rings. The van der Waals surface area contributed by atoms with Crippen LogP contribution in [0.2, 0.25) is 5.02 Å². The summed E-state index contributed by atoms with van der Waals surface area (Å²) >= 11 is 5.86. The number of ether oxygens (including phenoxy) is 1. The Hall–Kier alpha value is -4.77. The Bertz CT molecular complexity index is 1660. The van der Waals surface area contributed by atoms with Gasteiger partial charge in [0.05, 0.1) is 11.6 Å². The second-order valence-electron chi connectivity index (χ2n) is 9.17. The number of rotatable bonds is 8. The van der Waals surface area contributed by atoms with E-state index in [2.05, 4.69) is 25.5 Å². The van der Waals surface area contributed by atoms with Gasteiger partial charge in [-0.15, -0.1) is 0 Å². The third kappa shape index (κ3) is 4.98. The lowest BCUT2D eigenvalue weighted by molar-refractivity contribution is -0.140. The molecular weight excluding hydrogens is 536 g/mol. The Labute approximate surface area is 233 Å². The predicted octanol–water partition coefficient (Wildman–Crippen LogP) is 5.18. The zero-order valence-electron chi connectivity index (χ0n) is 21.6. The van der Waals surface area contributed by atoms with Crippen molar-refractivity contribution in [3.8, 4) is 22.7 Å². The summed E-state index contributed by atoms with van der Waals surface area (Å²) in [5.41, 5.74) is 3.92. The molecule has 0 aliphatic heterocycles. The van der Waals surface area contributed by atoms with E-state index in [1.54, 1.807) is 36.9 Å². The predicted molar refractivity (Wildman–Crippen MR) is 147 cm³/mol. The maximum Gasteiger partial charge on any atom is 0.314 e. The van der Waals surface area contributed by atoms with Gasteiger partial charge >= 0.3 is 5.97 Å². The average molecular weight is 561 g/mol. The van der Waals surface area contributed by atoms with Crippen LogP contribution in [-0.4, -0.2) is 49.3 Å². The third-order valence-electron chi connectivity index (χ3n) is 6.86. The summed E-state index contributed by atoms with van der Waals surface area (Å²) in [6.07, 6.45) is 5.81. The summed E-state index contributed by atoms with van der Waals surface area (Å²) in [4.78, 5) is 30.4. The van der Waals surface area contributed by atoms with Gasteiger partial charge in [-0.05, 0) is 37.0 Å². The molecule has 3 aromatic heterocycles. The van der Waals surface area contributed by atoms with Crippen molar-refractivity contribution in [3.05, 3.63) is 83.4 Å². The Balaban J connectivity index is 0.000000227. The van der Waals surface area contributed by atoms with Gasteiger partial charge in [0.2, 0.25) is 11.6 Å². The standard InChI is InChI=1S/C19H16N6O3.C9H9ClO2/c1-20-14-9-24-28-15(14)17-21-8-13(16-22-10-23-25(16)17)11-2-4-12(5-3-11)19(6-7-19)18(26)27;1-7(12-6-11)8-4-2-3-5-9(8)10/h2-5,8-10,20H,6-7H2,1H3,(H,26,27);2-7H,1H3. The van der Waals surface area contributed by atoms with Gasteiger partial charge in [0, 0.05) is 29.4 Å². The second kappa shape index (κ2) is 11.1. The molecule has 0 saturated heterocycles. The molecule has 1 atom stereocenters. The number of nitrogens with one attached hydrogen (secondary N) is 1. The van der Waals surface area contributed by atoms with Crippen LogP contribution in [0.3, 0.4) is 0 Å². The lowest BCUT2D eigenvalue weighted by atomic mass is 9.94. The van der Waals surface area contributed by atoms with Crippen molar-refractivity contribution in [2.45, 2.75) is 31.3 Å². The number of carboxylic acids is 1. The highest BCUT2D eigenvalue weighted by atomic mass is 35.5. The number of hydrogen-bond donors (Lipinski definition) is 2. The van der Waals surface area contributed by atoms with Gasteiger partial charge in [-0.2, -0.15) is 9.61 Å². The SMILES string of the molecule is CC(OC=O)c1ccccc1Cl.CNc1cnoc1-c1ncc(-c2ccc(C3(C(=O)O)CC3)cc2)c2ncnn12. The van der Waals surface area contributed by atoms with E-state index in [-0.39, 0.29) is 6.10 Å². The molecule has 0 spiro atoms. The van der Waals surface area contributed by atoms with Crippen molar-refractivity contribution in [1.82, 2.24) is 24.7 Å². The highest BCUT2D eigenvalue weighted by Gasteiger charge is 2.51. The van der Waals surface area contributed by atoms with Crippen molar-refractivity contribution < 1.29 is 24.0 Å². The summed E-state index contributed by atoms with van der Waals surface area (Å²) in [6.45, 7) is 2.20. The zero-order chi connectivity index (χ0) is 28.3. The number of fused-ring (bicyclic) bond motifs is 1. The first-order valence-electron chi connectivity index (χ1n) is 12.4. The fourth-order valence-corrected chi connectivity index (χ4v) is 4.73. The van der Waals surface area contributed by atoms with Gasteiger partial charge in [-0.3, -0.25) is 9.59 Å². The number of aliphatic carboxylic acids is 1. The van der Waals surface area contributed by atoms with Gasteiger partial charge in [0.1, 0.15) is 18.1 Å². The zero-order valence-corrected chi connectivity index (χ0v) is 22.4. The van der Waals surface area contributed by atoms with Crippen molar-refractivity contribution in [2.75, 3.05) is 12.4 Å². The number of carbonyl (C=O) groups excluding carboxylic acids is 1. The highest BCUT2D eigenvalue weighted by molar-refractivity contribution is 6.31. The fourth-order valence-electron chi connectivity index (χ4n) is 4.44. The largest absolute Gasteiger partial charge is 0.481 e. The lowest BCUT2D eigenvalue weighted by Gasteiger charge is -2.11. The van der Waals surface area contributed by atoms with Crippen LogP contribution >= 0.6 is 11.6 Å². The molecular formula is C28H25ClN6O5. The van der Waals surface area contributed by atoms with Crippen LogP contribution < -0.4 is 5.32 Å². The molecule has 3 heterocycles. The molecule has 204 valence electrons. The van der Waals surface area contributed by atoms with E-state index in [0.717, 1.165) is 22.3 Å². The molecule has 0 bridgehead atoms. The summed E-state index contributed by atoms with van der Waals surface area (Å²) in [5.74, 6) is 0.188. The van der Waals surface area contributed by atoms with E-state index in [0.29, 0.717) is 47.3 Å². The average Bonchev–Trinajstić information content (AvgIpc) is 3.40. The van der Waals surface area contributed by atoms with E-state index in [1.807, 2.05) is 42.5 Å². The van der Waals surface area contributed by atoms with Gasteiger partial charge < -0.3 is 19.7 Å². The number of nitrogens with zero attached hydrogens (tertiary/aromatic N) is 5. The molecule has 1 unspecified atom stereocenters. The number of carbonyl (C=O) groups is 2. The molecule has 12 heteroatoms. The van der Waals surface area contributed by atoms with Crippen LogP contribution in [0.1, 0.15) is 37.0 Å². The monoisotopic (exact) mass is 560 g/mol. The Morgan fingerprint density at radius 2 is 1.93 bits per heavy atom. The number of hydrogen-bond acceptors (Lipinski definition) is 9. The Morgan fingerprint density at radius 1 is 1.18 bits per heavy atom. The number of benzene rings is 2. The van der Waals surface area contributed by atoms with Crippen molar-refractivity contribution in [3.63, 3.8) is 0 Å². The quantitative estimate of drug-likeness (QED) is 0.243. The first-order valence-corrected chi connectivity index (χ1v) is 12.8. The smallest absolute Gasteiger partial charge is 0.314 e. The normalized spacial score (nSPS) is 14.1. The Morgan fingerprint density at radius 3 is 2.58 bits per heavy atom. The van der Waals surface area contributed by atoms with Crippen molar-refractivity contribution in [2.24, 2.45) is 0 Å². The minimum absolute atomic E-state index is 0.281. The molecule has 1 aliphatic rings. The molecule has 0 radical (unpaired) electrons. The van der Waals surface area contributed by atoms with Crippen LogP contribution in [0.5, 0.6) is 0 Å². The molecule has 2 N–H and O–H groups in total. The first kappa shape index (κ1) is 26.8.